The number of aromatic nitrogens is 1. The maximum Gasteiger partial charge on any atom is 0.245 e. The van der Waals surface area contributed by atoms with Crippen LogP contribution >= 0.6 is 0 Å². The highest BCUT2D eigenvalue weighted by molar-refractivity contribution is 5.85. The van der Waals surface area contributed by atoms with Gasteiger partial charge in [0.1, 0.15) is 11.9 Å². The molecule has 6 nitrogen and oxygen atoms in total. The largest absolute Gasteiger partial charge is 0.377 e. The van der Waals surface area contributed by atoms with Gasteiger partial charge in [0.25, 0.3) is 0 Å². The number of rotatable bonds is 5. The first-order valence-electron chi connectivity index (χ1n) is 7.36. The van der Waals surface area contributed by atoms with E-state index in [1.54, 1.807) is 0 Å². The average Bonchev–Trinajstić information content (AvgIpc) is 2.48. The molecule has 21 heavy (non-hydrogen) atoms. The first-order valence-corrected chi connectivity index (χ1v) is 7.36. The summed E-state index contributed by atoms with van der Waals surface area (Å²) >= 11 is 0. The van der Waals surface area contributed by atoms with Gasteiger partial charge in [-0.15, -0.1) is 0 Å². The van der Waals surface area contributed by atoms with Gasteiger partial charge >= 0.3 is 0 Å². The molecule has 116 valence electrons. The SMILES string of the molecule is CNCc1ccc(N2CCOCC2C(=O)NC(C)C)nc1. The summed E-state index contributed by atoms with van der Waals surface area (Å²) in [5, 5.41) is 6.04. The molecular formula is C15H24N4O2. The summed E-state index contributed by atoms with van der Waals surface area (Å²) in [5.74, 6) is 0.813. The Hall–Kier alpha value is -1.66. The van der Waals surface area contributed by atoms with Crippen LogP contribution in [0, 0.1) is 0 Å². The molecule has 1 aliphatic rings. The maximum absolute atomic E-state index is 12.3. The highest BCUT2D eigenvalue weighted by Gasteiger charge is 2.30. The number of nitrogens with one attached hydrogen (secondary N) is 2. The Morgan fingerprint density at radius 1 is 1.52 bits per heavy atom. The zero-order chi connectivity index (χ0) is 15.2. The lowest BCUT2D eigenvalue weighted by atomic mass is 10.2. The van der Waals surface area contributed by atoms with Crippen LogP contribution in [0.3, 0.4) is 0 Å². The van der Waals surface area contributed by atoms with Crippen LogP contribution in [0.2, 0.25) is 0 Å². The van der Waals surface area contributed by atoms with Crippen LogP contribution in [0.25, 0.3) is 0 Å². The predicted octanol–water partition coefficient (Wildman–Crippen LogP) is 0.531. The predicted molar refractivity (Wildman–Crippen MR) is 82.2 cm³/mol. The number of morpholine rings is 1. The van der Waals surface area contributed by atoms with Crippen molar-refractivity contribution in [3.63, 3.8) is 0 Å². The maximum atomic E-state index is 12.3. The Labute approximate surface area is 125 Å². The van der Waals surface area contributed by atoms with Crippen LogP contribution < -0.4 is 15.5 Å². The topological polar surface area (TPSA) is 66.5 Å². The van der Waals surface area contributed by atoms with Gasteiger partial charge in [0.2, 0.25) is 5.91 Å². The number of anilines is 1. The van der Waals surface area contributed by atoms with Crippen LogP contribution in [0.4, 0.5) is 5.82 Å². The Bertz CT molecular complexity index is 461. The minimum absolute atomic E-state index is 0.00852. The molecule has 1 atom stereocenters. The van der Waals surface area contributed by atoms with Crippen molar-refractivity contribution in [2.75, 3.05) is 31.7 Å². The van der Waals surface area contributed by atoms with Crippen molar-refractivity contribution < 1.29 is 9.53 Å². The number of pyridine rings is 1. The van der Waals surface area contributed by atoms with Gasteiger partial charge in [0.05, 0.1) is 13.2 Å². The number of nitrogens with zero attached hydrogens (tertiary/aromatic N) is 2. The number of ether oxygens (including phenoxy) is 1. The van der Waals surface area contributed by atoms with Gasteiger partial charge in [-0.25, -0.2) is 4.98 Å². The number of hydrogen-bond acceptors (Lipinski definition) is 5. The molecular weight excluding hydrogens is 268 g/mol. The molecule has 2 N–H and O–H groups in total. The minimum Gasteiger partial charge on any atom is -0.377 e. The molecule has 1 fully saturated rings. The van der Waals surface area contributed by atoms with Gasteiger partial charge in [-0.1, -0.05) is 6.07 Å². The third-order valence-corrected chi connectivity index (χ3v) is 3.35. The molecule has 0 radical (unpaired) electrons. The summed E-state index contributed by atoms with van der Waals surface area (Å²) in [6.45, 7) is 6.39. The third kappa shape index (κ3) is 4.15. The van der Waals surface area contributed by atoms with Gasteiger partial charge in [0, 0.05) is 25.3 Å². The number of amides is 1. The van der Waals surface area contributed by atoms with Crippen LogP contribution in [-0.4, -0.2) is 49.8 Å². The van der Waals surface area contributed by atoms with Crippen molar-refractivity contribution in [1.82, 2.24) is 15.6 Å². The molecule has 1 aromatic rings. The zero-order valence-electron chi connectivity index (χ0n) is 12.9. The number of hydrogen-bond donors (Lipinski definition) is 2. The van der Waals surface area contributed by atoms with Crippen molar-refractivity contribution >= 4 is 11.7 Å². The van der Waals surface area contributed by atoms with Gasteiger partial charge in [-0.2, -0.15) is 0 Å². The van der Waals surface area contributed by atoms with E-state index in [0.717, 1.165) is 17.9 Å². The second-order valence-corrected chi connectivity index (χ2v) is 5.50. The van der Waals surface area contributed by atoms with E-state index in [-0.39, 0.29) is 18.0 Å². The van der Waals surface area contributed by atoms with E-state index in [1.165, 1.54) is 0 Å². The summed E-state index contributed by atoms with van der Waals surface area (Å²) < 4.78 is 5.46. The molecule has 1 amide bonds. The van der Waals surface area contributed by atoms with Crippen molar-refractivity contribution in [1.29, 1.82) is 0 Å². The molecule has 0 saturated carbocycles. The fourth-order valence-electron chi connectivity index (χ4n) is 2.37. The van der Waals surface area contributed by atoms with Crippen molar-refractivity contribution in [3.05, 3.63) is 23.9 Å². The zero-order valence-corrected chi connectivity index (χ0v) is 12.9. The molecule has 0 bridgehead atoms. The minimum atomic E-state index is -0.316. The first-order chi connectivity index (χ1) is 10.1. The molecule has 0 aromatic carbocycles. The molecule has 1 aliphatic heterocycles. The Morgan fingerprint density at radius 3 is 2.95 bits per heavy atom. The molecule has 0 spiro atoms. The highest BCUT2D eigenvalue weighted by atomic mass is 16.5. The fourth-order valence-corrected chi connectivity index (χ4v) is 2.37. The Kier molecular flexibility index (Phi) is 5.52. The summed E-state index contributed by atoms with van der Waals surface area (Å²) in [6.07, 6.45) is 1.85. The van der Waals surface area contributed by atoms with E-state index >= 15 is 0 Å². The average molecular weight is 292 g/mol. The molecule has 1 aromatic heterocycles. The molecule has 6 heteroatoms. The van der Waals surface area contributed by atoms with E-state index in [4.69, 9.17) is 4.74 Å². The van der Waals surface area contributed by atoms with Crippen LogP contribution in [0.5, 0.6) is 0 Å². The van der Waals surface area contributed by atoms with Crippen molar-refractivity contribution in [3.8, 4) is 0 Å². The third-order valence-electron chi connectivity index (χ3n) is 3.35. The van der Waals surface area contributed by atoms with Crippen molar-refractivity contribution in [2.45, 2.75) is 32.5 Å². The summed E-state index contributed by atoms with van der Waals surface area (Å²) in [6, 6.07) is 3.80. The van der Waals surface area contributed by atoms with Gasteiger partial charge in [-0.3, -0.25) is 4.79 Å². The van der Waals surface area contributed by atoms with Crippen molar-refractivity contribution in [2.24, 2.45) is 0 Å². The smallest absolute Gasteiger partial charge is 0.245 e. The van der Waals surface area contributed by atoms with Gasteiger partial charge < -0.3 is 20.3 Å². The molecule has 1 unspecified atom stereocenters. The summed E-state index contributed by atoms with van der Waals surface area (Å²) in [4.78, 5) is 18.8. The lowest BCUT2D eigenvalue weighted by Crippen LogP contribution is -2.55. The summed E-state index contributed by atoms with van der Waals surface area (Å²) in [7, 11) is 1.90. The standard InChI is InChI=1S/C15H24N4O2/c1-11(2)18-15(20)13-10-21-7-6-19(13)14-5-4-12(8-16-3)9-17-14/h4-5,9,11,13,16H,6-8,10H2,1-3H3,(H,18,20). The second kappa shape index (κ2) is 7.38. The van der Waals surface area contributed by atoms with E-state index in [9.17, 15) is 4.79 Å². The van der Waals surface area contributed by atoms with Gasteiger partial charge in [0.15, 0.2) is 0 Å². The van der Waals surface area contributed by atoms with E-state index in [0.29, 0.717) is 19.8 Å². The van der Waals surface area contributed by atoms with E-state index < -0.39 is 0 Å². The lowest BCUT2D eigenvalue weighted by molar-refractivity contribution is -0.125. The summed E-state index contributed by atoms with van der Waals surface area (Å²) in [5.41, 5.74) is 1.12. The van der Waals surface area contributed by atoms with Crippen LogP contribution in [-0.2, 0) is 16.1 Å². The quantitative estimate of drug-likeness (QED) is 0.829. The Morgan fingerprint density at radius 2 is 2.33 bits per heavy atom. The highest BCUT2D eigenvalue weighted by Crippen LogP contribution is 2.18. The molecule has 2 heterocycles. The second-order valence-electron chi connectivity index (χ2n) is 5.50. The molecule has 1 saturated heterocycles. The van der Waals surface area contributed by atoms with E-state index in [2.05, 4.69) is 15.6 Å². The molecule has 0 aliphatic carbocycles. The molecule has 2 rings (SSSR count). The fraction of sp³-hybridized carbons (Fsp3) is 0.600. The Balaban J connectivity index is 2.12. The lowest BCUT2D eigenvalue weighted by Gasteiger charge is -2.35. The first kappa shape index (κ1) is 15.7. The van der Waals surface area contributed by atoms with Crippen LogP contribution in [0.15, 0.2) is 18.3 Å². The number of carbonyl (C=O) groups is 1. The monoisotopic (exact) mass is 292 g/mol. The van der Waals surface area contributed by atoms with E-state index in [1.807, 2.05) is 44.1 Å². The van der Waals surface area contributed by atoms with Gasteiger partial charge in [-0.05, 0) is 32.5 Å². The number of carbonyl (C=O) groups excluding carboxylic acids is 1. The van der Waals surface area contributed by atoms with Crippen LogP contribution in [0.1, 0.15) is 19.4 Å². The normalized spacial score (nSPS) is 18.9.